The van der Waals surface area contributed by atoms with Gasteiger partial charge in [-0.1, -0.05) is 6.07 Å². The van der Waals surface area contributed by atoms with Crippen LogP contribution in [0.4, 0.5) is 0 Å². The third-order valence-electron chi connectivity index (χ3n) is 2.17. The predicted octanol–water partition coefficient (Wildman–Crippen LogP) is 3.15. The second kappa shape index (κ2) is 6.31. The summed E-state index contributed by atoms with van der Waals surface area (Å²) in [6, 6.07) is 6.30. The molecule has 17 heavy (non-hydrogen) atoms. The van der Waals surface area contributed by atoms with Crippen molar-refractivity contribution in [1.82, 2.24) is 0 Å². The first-order valence-electron chi connectivity index (χ1n) is 5.94. The van der Waals surface area contributed by atoms with Gasteiger partial charge in [0, 0.05) is 17.0 Å². The maximum Gasteiger partial charge on any atom is 0.119 e. The van der Waals surface area contributed by atoms with E-state index in [0.717, 1.165) is 23.9 Å². The Hall–Kier alpha value is -0.670. The Balaban J connectivity index is 2.27. The average molecular weight is 253 g/mol. The van der Waals surface area contributed by atoms with E-state index in [-0.39, 0.29) is 5.54 Å². The summed E-state index contributed by atoms with van der Waals surface area (Å²) in [7, 11) is 0. The molecule has 0 aliphatic heterocycles. The van der Waals surface area contributed by atoms with E-state index in [0.29, 0.717) is 0 Å². The molecule has 0 aromatic heterocycles. The van der Waals surface area contributed by atoms with Gasteiger partial charge < -0.3 is 10.5 Å². The molecule has 1 aromatic carbocycles. The molecule has 1 aromatic rings. The molecule has 0 atom stereocenters. The van der Waals surface area contributed by atoms with Crippen molar-refractivity contribution < 1.29 is 4.74 Å². The van der Waals surface area contributed by atoms with Gasteiger partial charge in [-0.05, 0) is 51.0 Å². The minimum atomic E-state index is -0.0927. The van der Waals surface area contributed by atoms with Gasteiger partial charge >= 0.3 is 0 Å². The number of ether oxygens (including phenoxy) is 1. The summed E-state index contributed by atoms with van der Waals surface area (Å²) < 4.78 is 5.72. The molecule has 0 aliphatic rings. The Kier molecular flexibility index (Phi) is 5.34. The molecule has 0 bridgehead atoms. The highest BCUT2D eigenvalue weighted by Crippen LogP contribution is 2.17. The Bertz CT molecular complexity index is 337. The smallest absolute Gasteiger partial charge is 0.119 e. The monoisotopic (exact) mass is 253 g/mol. The number of nitrogens with two attached hydrogens (primary N) is 1. The van der Waals surface area contributed by atoms with Gasteiger partial charge in [0.2, 0.25) is 0 Å². The molecule has 0 aliphatic carbocycles. The molecule has 0 saturated heterocycles. The molecule has 0 heterocycles. The topological polar surface area (TPSA) is 35.2 Å². The molecule has 2 nitrogen and oxygen atoms in total. The van der Waals surface area contributed by atoms with Gasteiger partial charge in [-0.15, -0.1) is 0 Å². The third-order valence-corrected chi connectivity index (χ3v) is 3.57. The van der Waals surface area contributed by atoms with Crippen LogP contribution >= 0.6 is 11.8 Å². The van der Waals surface area contributed by atoms with Gasteiger partial charge in [0.1, 0.15) is 5.75 Å². The van der Waals surface area contributed by atoms with E-state index < -0.39 is 0 Å². The SMILES string of the molecule is Cc1cc(C)cc(OCCSCC(C)(C)N)c1. The van der Waals surface area contributed by atoms with Crippen molar-refractivity contribution in [2.24, 2.45) is 5.73 Å². The van der Waals surface area contributed by atoms with E-state index in [2.05, 4.69) is 32.0 Å². The second-order valence-electron chi connectivity index (χ2n) is 5.21. The zero-order valence-corrected chi connectivity index (χ0v) is 12.1. The summed E-state index contributed by atoms with van der Waals surface area (Å²) in [6.07, 6.45) is 0. The number of thioether (sulfide) groups is 1. The highest BCUT2D eigenvalue weighted by Gasteiger charge is 2.09. The van der Waals surface area contributed by atoms with Gasteiger partial charge in [-0.2, -0.15) is 11.8 Å². The predicted molar refractivity (Wildman–Crippen MR) is 77.0 cm³/mol. The first kappa shape index (κ1) is 14.4. The van der Waals surface area contributed by atoms with E-state index in [4.69, 9.17) is 10.5 Å². The fraction of sp³-hybridized carbons (Fsp3) is 0.571. The molecule has 0 radical (unpaired) electrons. The maximum atomic E-state index is 5.91. The van der Waals surface area contributed by atoms with Crippen molar-refractivity contribution in [3.05, 3.63) is 29.3 Å². The van der Waals surface area contributed by atoms with E-state index in [1.165, 1.54) is 11.1 Å². The first-order chi connectivity index (χ1) is 7.87. The number of benzene rings is 1. The van der Waals surface area contributed by atoms with Crippen molar-refractivity contribution >= 4 is 11.8 Å². The van der Waals surface area contributed by atoms with Gasteiger partial charge in [-0.3, -0.25) is 0 Å². The molecular weight excluding hydrogens is 230 g/mol. The van der Waals surface area contributed by atoms with Gasteiger partial charge in [0.25, 0.3) is 0 Å². The molecule has 3 heteroatoms. The molecular formula is C14H23NOS. The van der Waals surface area contributed by atoms with Crippen LogP contribution in [0.15, 0.2) is 18.2 Å². The lowest BCUT2D eigenvalue weighted by atomic mass is 10.1. The van der Waals surface area contributed by atoms with Crippen LogP contribution in [0.1, 0.15) is 25.0 Å². The summed E-state index contributed by atoms with van der Waals surface area (Å²) in [4.78, 5) is 0. The standard InChI is InChI=1S/C14H23NOS/c1-11-7-12(2)9-13(8-11)16-5-6-17-10-14(3,4)15/h7-9H,5-6,10,15H2,1-4H3. The van der Waals surface area contributed by atoms with E-state index in [1.54, 1.807) is 0 Å². The first-order valence-corrected chi connectivity index (χ1v) is 7.10. The molecule has 2 N–H and O–H groups in total. The minimum Gasteiger partial charge on any atom is -0.493 e. The van der Waals surface area contributed by atoms with Crippen LogP contribution in [0.3, 0.4) is 0 Å². The van der Waals surface area contributed by atoms with Crippen LogP contribution in [-0.2, 0) is 0 Å². The van der Waals surface area contributed by atoms with Gasteiger partial charge in [0.05, 0.1) is 6.61 Å². The van der Waals surface area contributed by atoms with E-state index in [9.17, 15) is 0 Å². The molecule has 0 spiro atoms. The third kappa shape index (κ3) is 6.59. The number of hydrogen-bond donors (Lipinski definition) is 1. The number of hydrogen-bond acceptors (Lipinski definition) is 3. The molecule has 0 unspecified atom stereocenters. The lowest BCUT2D eigenvalue weighted by molar-refractivity contribution is 0.343. The van der Waals surface area contributed by atoms with Gasteiger partial charge in [0.15, 0.2) is 0 Å². The quantitative estimate of drug-likeness (QED) is 0.791. The molecule has 96 valence electrons. The minimum absolute atomic E-state index is 0.0927. The summed E-state index contributed by atoms with van der Waals surface area (Å²) >= 11 is 1.84. The molecule has 0 amide bonds. The Morgan fingerprint density at radius 3 is 2.29 bits per heavy atom. The fourth-order valence-corrected chi connectivity index (χ4v) is 2.44. The van der Waals surface area contributed by atoms with Crippen molar-refractivity contribution in [3.8, 4) is 5.75 Å². The zero-order valence-electron chi connectivity index (χ0n) is 11.2. The maximum absolute atomic E-state index is 5.91. The lowest BCUT2D eigenvalue weighted by Crippen LogP contribution is -2.34. The van der Waals surface area contributed by atoms with Crippen LogP contribution in [0, 0.1) is 13.8 Å². The van der Waals surface area contributed by atoms with Crippen molar-refractivity contribution in [2.45, 2.75) is 33.2 Å². The Morgan fingerprint density at radius 2 is 1.76 bits per heavy atom. The highest BCUT2D eigenvalue weighted by atomic mass is 32.2. The summed E-state index contributed by atoms with van der Waals surface area (Å²) in [5.41, 5.74) is 8.31. The highest BCUT2D eigenvalue weighted by molar-refractivity contribution is 7.99. The van der Waals surface area contributed by atoms with Crippen LogP contribution in [0.2, 0.25) is 0 Å². The van der Waals surface area contributed by atoms with Crippen LogP contribution in [0.25, 0.3) is 0 Å². The summed E-state index contributed by atoms with van der Waals surface area (Å²) in [5.74, 6) is 2.91. The fourth-order valence-electron chi connectivity index (χ4n) is 1.57. The lowest BCUT2D eigenvalue weighted by Gasteiger charge is -2.17. The van der Waals surface area contributed by atoms with Crippen molar-refractivity contribution in [2.75, 3.05) is 18.1 Å². The van der Waals surface area contributed by atoms with Crippen molar-refractivity contribution in [1.29, 1.82) is 0 Å². The second-order valence-corrected chi connectivity index (χ2v) is 6.32. The van der Waals surface area contributed by atoms with Gasteiger partial charge in [-0.25, -0.2) is 0 Å². The summed E-state index contributed by atoms with van der Waals surface area (Å²) in [6.45, 7) is 9.01. The molecule has 0 fully saturated rings. The van der Waals surface area contributed by atoms with Crippen molar-refractivity contribution in [3.63, 3.8) is 0 Å². The molecule has 0 saturated carbocycles. The molecule has 1 rings (SSSR count). The summed E-state index contributed by atoms with van der Waals surface area (Å²) in [5, 5.41) is 0. The Labute approximate surface area is 109 Å². The number of aryl methyl sites for hydroxylation is 2. The van der Waals surface area contributed by atoms with Crippen LogP contribution in [-0.4, -0.2) is 23.7 Å². The Morgan fingerprint density at radius 1 is 1.18 bits per heavy atom. The van der Waals surface area contributed by atoms with E-state index >= 15 is 0 Å². The average Bonchev–Trinajstić information content (AvgIpc) is 2.13. The largest absolute Gasteiger partial charge is 0.493 e. The van der Waals surface area contributed by atoms with Crippen LogP contribution in [0.5, 0.6) is 5.75 Å². The normalized spacial score (nSPS) is 11.6. The zero-order chi connectivity index (χ0) is 12.9. The van der Waals surface area contributed by atoms with Crippen LogP contribution < -0.4 is 10.5 Å². The number of rotatable bonds is 6. The van der Waals surface area contributed by atoms with E-state index in [1.807, 2.05) is 25.6 Å².